The number of nitrogens with zero attached hydrogens (tertiary/aromatic N) is 1. The molecule has 0 spiro atoms. The summed E-state index contributed by atoms with van der Waals surface area (Å²) in [6.07, 6.45) is 0. The largest absolute Gasteiger partial charge is 0.494 e. The molecule has 1 aromatic carbocycles. The summed E-state index contributed by atoms with van der Waals surface area (Å²) in [6.45, 7) is 3.77. The molecule has 0 saturated heterocycles. The molecular weight excluding hydrogens is 193 g/mol. The summed E-state index contributed by atoms with van der Waals surface area (Å²) in [6, 6.07) is 7.19. The number of nitriles is 1. The summed E-state index contributed by atoms with van der Waals surface area (Å²) in [4.78, 5) is 0. The first-order valence-corrected chi connectivity index (χ1v) is 4.95. The quantitative estimate of drug-likeness (QED) is 0.760. The lowest BCUT2D eigenvalue weighted by Crippen LogP contribution is -1.99. The lowest BCUT2D eigenvalue weighted by molar-refractivity contribution is 0.339. The van der Waals surface area contributed by atoms with E-state index in [9.17, 15) is 4.39 Å². The van der Waals surface area contributed by atoms with Gasteiger partial charge in [-0.25, -0.2) is 0 Å². The lowest BCUT2D eigenvalue weighted by Gasteiger charge is -2.10. The molecule has 0 radical (unpaired) electrons. The van der Waals surface area contributed by atoms with E-state index in [1.165, 1.54) is 0 Å². The highest BCUT2D eigenvalue weighted by molar-refractivity contribution is 5.42. The van der Waals surface area contributed by atoms with Gasteiger partial charge in [-0.15, -0.1) is 0 Å². The standard InChI is InChI=1S/C12H14FNO/c1-3-15-12-5-10(8-14)4-11(6-12)9(2)7-13/h4-6,9H,3,7H2,1-2H3. The van der Waals surface area contributed by atoms with Crippen molar-refractivity contribution in [1.82, 2.24) is 0 Å². The van der Waals surface area contributed by atoms with E-state index in [0.29, 0.717) is 17.9 Å². The van der Waals surface area contributed by atoms with Crippen molar-refractivity contribution in [2.75, 3.05) is 13.3 Å². The first-order valence-electron chi connectivity index (χ1n) is 4.95. The maximum absolute atomic E-state index is 12.5. The molecule has 0 aliphatic carbocycles. The Bertz CT molecular complexity index is 370. The molecule has 0 saturated carbocycles. The third-order valence-corrected chi connectivity index (χ3v) is 2.17. The molecule has 0 N–H and O–H groups in total. The molecule has 15 heavy (non-hydrogen) atoms. The predicted octanol–water partition coefficient (Wildman–Crippen LogP) is 3.03. The van der Waals surface area contributed by atoms with Crippen molar-refractivity contribution in [3.8, 4) is 11.8 Å². The van der Waals surface area contributed by atoms with E-state index >= 15 is 0 Å². The molecule has 0 aliphatic rings. The van der Waals surface area contributed by atoms with Crippen LogP contribution in [0.25, 0.3) is 0 Å². The van der Waals surface area contributed by atoms with Crippen LogP contribution in [-0.4, -0.2) is 13.3 Å². The summed E-state index contributed by atoms with van der Waals surface area (Å²) in [5.41, 5.74) is 1.32. The Morgan fingerprint density at radius 1 is 1.47 bits per heavy atom. The monoisotopic (exact) mass is 207 g/mol. The van der Waals surface area contributed by atoms with Gasteiger partial charge in [0, 0.05) is 5.92 Å². The van der Waals surface area contributed by atoms with Crippen molar-refractivity contribution in [3.63, 3.8) is 0 Å². The van der Waals surface area contributed by atoms with Gasteiger partial charge in [0.1, 0.15) is 5.75 Å². The molecule has 1 rings (SSSR count). The molecule has 0 heterocycles. The van der Waals surface area contributed by atoms with Gasteiger partial charge in [0.2, 0.25) is 0 Å². The Morgan fingerprint density at radius 3 is 2.73 bits per heavy atom. The van der Waals surface area contributed by atoms with Crippen molar-refractivity contribution in [2.45, 2.75) is 19.8 Å². The van der Waals surface area contributed by atoms with Gasteiger partial charge in [0.15, 0.2) is 0 Å². The van der Waals surface area contributed by atoms with Crippen molar-refractivity contribution in [1.29, 1.82) is 5.26 Å². The van der Waals surface area contributed by atoms with Crippen LogP contribution in [0.4, 0.5) is 4.39 Å². The fourth-order valence-corrected chi connectivity index (χ4v) is 1.31. The van der Waals surface area contributed by atoms with Gasteiger partial charge >= 0.3 is 0 Å². The van der Waals surface area contributed by atoms with Crippen molar-refractivity contribution in [2.24, 2.45) is 0 Å². The first-order chi connectivity index (χ1) is 7.21. The normalized spacial score (nSPS) is 11.9. The topological polar surface area (TPSA) is 33.0 Å². The first kappa shape index (κ1) is 11.5. The van der Waals surface area contributed by atoms with Crippen LogP contribution in [0.15, 0.2) is 18.2 Å². The minimum Gasteiger partial charge on any atom is -0.494 e. The Labute approximate surface area is 89.3 Å². The molecule has 0 fully saturated rings. The molecule has 0 aromatic heterocycles. The van der Waals surface area contributed by atoms with Gasteiger partial charge in [-0.3, -0.25) is 4.39 Å². The molecule has 80 valence electrons. The highest BCUT2D eigenvalue weighted by Gasteiger charge is 2.08. The second-order valence-electron chi connectivity index (χ2n) is 3.39. The van der Waals surface area contributed by atoms with Gasteiger partial charge in [-0.1, -0.05) is 6.92 Å². The van der Waals surface area contributed by atoms with Crippen LogP contribution in [0.2, 0.25) is 0 Å². The lowest BCUT2D eigenvalue weighted by atomic mass is 10.00. The summed E-state index contributed by atoms with van der Waals surface area (Å²) >= 11 is 0. The molecule has 3 heteroatoms. The second-order valence-corrected chi connectivity index (χ2v) is 3.39. The number of ether oxygens (including phenoxy) is 1. The Balaban J connectivity index is 3.06. The minimum atomic E-state index is -0.430. The number of hydrogen-bond donors (Lipinski definition) is 0. The van der Waals surface area contributed by atoms with E-state index < -0.39 is 6.67 Å². The Kier molecular flexibility index (Phi) is 4.11. The summed E-state index contributed by atoms with van der Waals surface area (Å²) < 4.78 is 17.8. The van der Waals surface area contributed by atoms with Crippen molar-refractivity contribution in [3.05, 3.63) is 29.3 Å². The van der Waals surface area contributed by atoms with Gasteiger partial charge in [0.25, 0.3) is 0 Å². The molecule has 1 aromatic rings. The predicted molar refractivity (Wildman–Crippen MR) is 56.7 cm³/mol. The van der Waals surface area contributed by atoms with Crippen molar-refractivity contribution >= 4 is 0 Å². The fraction of sp³-hybridized carbons (Fsp3) is 0.417. The minimum absolute atomic E-state index is 0.197. The molecule has 0 amide bonds. The zero-order valence-corrected chi connectivity index (χ0v) is 8.96. The second kappa shape index (κ2) is 5.35. The maximum Gasteiger partial charge on any atom is 0.120 e. The van der Waals surface area contributed by atoms with Crippen LogP contribution in [0.3, 0.4) is 0 Å². The van der Waals surface area contributed by atoms with Crippen molar-refractivity contribution < 1.29 is 9.13 Å². The van der Waals surface area contributed by atoms with E-state index in [1.807, 2.05) is 13.0 Å². The van der Waals surface area contributed by atoms with E-state index in [2.05, 4.69) is 0 Å². The molecule has 0 bridgehead atoms. The average Bonchev–Trinajstić information content (AvgIpc) is 2.28. The summed E-state index contributed by atoms with van der Waals surface area (Å²) in [7, 11) is 0. The molecule has 2 nitrogen and oxygen atoms in total. The van der Waals surface area contributed by atoms with E-state index in [0.717, 1.165) is 5.56 Å². The molecule has 1 atom stereocenters. The molecule has 1 unspecified atom stereocenters. The highest BCUT2D eigenvalue weighted by atomic mass is 19.1. The number of hydrogen-bond acceptors (Lipinski definition) is 2. The SMILES string of the molecule is CCOc1cc(C#N)cc(C(C)CF)c1. The molecular formula is C12H14FNO. The van der Waals surface area contributed by atoms with Gasteiger partial charge in [-0.2, -0.15) is 5.26 Å². The zero-order valence-electron chi connectivity index (χ0n) is 8.96. The zero-order chi connectivity index (χ0) is 11.3. The Hall–Kier alpha value is -1.56. The van der Waals surface area contributed by atoms with Crippen LogP contribution in [-0.2, 0) is 0 Å². The number of halogens is 1. The van der Waals surface area contributed by atoms with Gasteiger partial charge in [-0.05, 0) is 30.7 Å². The van der Waals surface area contributed by atoms with E-state index in [1.54, 1.807) is 25.1 Å². The van der Waals surface area contributed by atoms with Crippen LogP contribution >= 0.6 is 0 Å². The van der Waals surface area contributed by atoms with E-state index in [4.69, 9.17) is 10.00 Å². The van der Waals surface area contributed by atoms with Gasteiger partial charge in [0.05, 0.1) is 24.9 Å². The number of benzene rings is 1. The summed E-state index contributed by atoms with van der Waals surface area (Å²) in [5.74, 6) is 0.435. The number of alkyl halides is 1. The third-order valence-electron chi connectivity index (χ3n) is 2.17. The summed E-state index contributed by atoms with van der Waals surface area (Å²) in [5, 5.41) is 8.81. The smallest absolute Gasteiger partial charge is 0.120 e. The average molecular weight is 207 g/mol. The third kappa shape index (κ3) is 2.95. The molecule has 0 aliphatic heterocycles. The van der Waals surface area contributed by atoms with Crippen LogP contribution in [0.5, 0.6) is 5.75 Å². The fourth-order valence-electron chi connectivity index (χ4n) is 1.31. The van der Waals surface area contributed by atoms with Gasteiger partial charge < -0.3 is 4.74 Å². The Morgan fingerprint density at radius 2 is 2.20 bits per heavy atom. The maximum atomic E-state index is 12.5. The van der Waals surface area contributed by atoms with Crippen LogP contribution < -0.4 is 4.74 Å². The highest BCUT2D eigenvalue weighted by Crippen LogP contribution is 2.23. The number of rotatable bonds is 4. The van der Waals surface area contributed by atoms with Crippen LogP contribution in [0.1, 0.15) is 30.9 Å². The van der Waals surface area contributed by atoms with Crippen LogP contribution in [0, 0.1) is 11.3 Å². The van der Waals surface area contributed by atoms with E-state index in [-0.39, 0.29) is 5.92 Å².